The van der Waals surface area contributed by atoms with Crippen molar-refractivity contribution in [1.82, 2.24) is 10.2 Å². The van der Waals surface area contributed by atoms with Crippen molar-refractivity contribution in [2.45, 2.75) is 20.3 Å². The van der Waals surface area contributed by atoms with Gasteiger partial charge >= 0.3 is 5.97 Å². The molecule has 0 aromatic carbocycles. The maximum atomic E-state index is 12.2. The van der Waals surface area contributed by atoms with Crippen LogP contribution in [0.25, 0.3) is 0 Å². The molecule has 0 spiro atoms. The van der Waals surface area contributed by atoms with E-state index in [1.165, 1.54) is 7.11 Å². The summed E-state index contributed by atoms with van der Waals surface area (Å²) in [5.74, 6) is 0.0847. The van der Waals surface area contributed by atoms with Crippen molar-refractivity contribution >= 4 is 11.9 Å². The Labute approximate surface area is 102 Å². The summed E-state index contributed by atoms with van der Waals surface area (Å²) < 4.78 is 4.61. The van der Waals surface area contributed by atoms with E-state index in [4.69, 9.17) is 0 Å². The highest BCUT2D eigenvalue weighted by molar-refractivity contribution is 5.83. The number of carbonyl (C=O) groups excluding carboxylic acids is 2. The smallest absolute Gasteiger partial charge is 0.325 e. The van der Waals surface area contributed by atoms with Gasteiger partial charge in [0, 0.05) is 12.5 Å². The molecule has 1 fully saturated rings. The van der Waals surface area contributed by atoms with E-state index in [1.807, 2.05) is 13.8 Å². The van der Waals surface area contributed by atoms with Crippen molar-refractivity contribution in [2.24, 2.45) is 11.8 Å². The normalized spacial score (nSPS) is 17.1. The van der Waals surface area contributed by atoms with Crippen molar-refractivity contribution in [3.05, 3.63) is 0 Å². The van der Waals surface area contributed by atoms with E-state index in [0.717, 1.165) is 19.5 Å². The molecule has 1 amide bonds. The van der Waals surface area contributed by atoms with E-state index in [-0.39, 0.29) is 24.3 Å². The highest BCUT2D eigenvalue weighted by Gasteiger charge is 2.32. The molecule has 0 aromatic rings. The molecule has 1 saturated heterocycles. The minimum atomic E-state index is -0.356. The van der Waals surface area contributed by atoms with Gasteiger partial charge in [-0.2, -0.15) is 0 Å². The first-order valence-corrected chi connectivity index (χ1v) is 6.16. The summed E-state index contributed by atoms with van der Waals surface area (Å²) >= 11 is 0. The van der Waals surface area contributed by atoms with Crippen LogP contribution in [-0.2, 0) is 14.3 Å². The topological polar surface area (TPSA) is 58.6 Å². The third kappa shape index (κ3) is 3.70. The fourth-order valence-electron chi connectivity index (χ4n) is 1.91. The van der Waals surface area contributed by atoms with Crippen LogP contribution in [0.1, 0.15) is 20.3 Å². The van der Waals surface area contributed by atoms with E-state index >= 15 is 0 Å². The van der Waals surface area contributed by atoms with Crippen molar-refractivity contribution in [3.63, 3.8) is 0 Å². The van der Waals surface area contributed by atoms with Crippen LogP contribution in [0.2, 0.25) is 0 Å². The molecule has 17 heavy (non-hydrogen) atoms. The highest BCUT2D eigenvalue weighted by Crippen LogP contribution is 2.18. The SMILES string of the molecule is CCCN(CC(=O)OC)C(=O)C(C)C1CNC1. The molecule has 0 radical (unpaired) electrons. The van der Waals surface area contributed by atoms with Crippen molar-refractivity contribution in [2.75, 3.05) is 33.3 Å². The second kappa shape index (κ2) is 6.59. The van der Waals surface area contributed by atoms with E-state index < -0.39 is 0 Å². The molecule has 5 nitrogen and oxygen atoms in total. The Morgan fingerprint density at radius 3 is 2.53 bits per heavy atom. The predicted octanol–water partition coefficient (Wildman–Crippen LogP) is 0.254. The van der Waals surface area contributed by atoms with Crippen LogP contribution in [0.3, 0.4) is 0 Å². The molecular formula is C12H22N2O3. The number of hydrogen-bond acceptors (Lipinski definition) is 4. The van der Waals surface area contributed by atoms with Gasteiger partial charge in [0.15, 0.2) is 0 Å². The fraction of sp³-hybridized carbons (Fsp3) is 0.833. The van der Waals surface area contributed by atoms with E-state index in [2.05, 4.69) is 10.1 Å². The quantitative estimate of drug-likeness (QED) is 0.678. The lowest BCUT2D eigenvalue weighted by Gasteiger charge is -2.34. The maximum Gasteiger partial charge on any atom is 0.325 e. The van der Waals surface area contributed by atoms with Gasteiger partial charge in [0.2, 0.25) is 5.91 Å². The lowest BCUT2D eigenvalue weighted by molar-refractivity contribution is -0.149. The Bertz CT molecular complexity index is 277. The number of nitrogens with one attached hydrogen (secondary N) is 1. The molecule has 1 unspecified atom stereocenters. The molecule has 1 atom stereocenters. The molecule has 1 aliphatic rings. The van der Waals surface area contributed by atoms with Gasteiger partial charge in [-0.3, -0.25) is 9.59 Å². The zero-order valence-corrected chi connectivity index (χ0v) is 10.9. The van der Waals surface area contributed by atoms with Crippen LogP contribution < -0.4 is 5.32 Å². The molecular weight excluding hydrogens is 220 g/mol. The second-order valence-electron chi connectivity index (χ2n) is 4.54. The summed E-state index contributed by atoms with van der Waals surface area (Å²) in [6.45, 7) is 6.39. The first kappa shape index (κ1) is 14.0. The molecule has 1 heterocycles. The number of carbonyl (C=O) groups is 2. The van der Waals surface area contributed by atoms with Crippen molar-refractivity contribution < 1.29 is 14.3 Å². The molecule has 1 rings (SSSR count). The second-order valence-corrected chi connectivity index (χ2v) is 4.54. The summed E-state index contributed by atoms with van der Waals surface area (Å²) in [5.41, 5.74) is 0. The number of methoxy groups -OCH3 is 1. The zero-order chi connectivity index (χ0) is 12.8. The zero-order valence-electron chi connectivity index (χ0n) is 10.9. The Balaban J connectivity index is 2.54. The monoisotopic (exact) mass is 242 g/mol. The number of hydrogen-bond donors (Lipinski definition) is 1. The minimum absolute atomic E-state index is 0.0209. The third-order valence-electron chi connectivity index (χ3n) is 3.26. The van der Waals surface area contributed by atoms with Gasteiger partial charge in [-0.15, -0.1) is 0 Å². The Kier molecular flexibility index (Phi) is 5.41. The van der Waals surface area contributed by atoms with Gasteiger partial charge in [-0.25, -0.2) is 0 Å². The minimum Gasteiger partial charge on any atom is -0.468 e. The van der Waals surface area contributed by atoms with Crippen LogP contribution in [0.15, 0.2) is 0 Å². The fourth-order valence-corrected chi connectivity index (χ4v) is 1.91. The molecule has 98 valence electrons. The average Bonchev–Trinajstić information content (AvgIpc) is 2.24. The van der Waals surface area contributed by atoms with Crippen molar-refractivity contribution in [1.29, 1.82) is 0 Å². The van der Waals surface area contributed by atoms with Gasteiger partial charge < -0.3 is 15.0 Å². The van der Waals surface area contributed by atoms with E-state index in [0.29, 0.717) is 12.5 Å². The standard InChI is InChI=1S/C12H22N2O3/c1-4-5-14(8-11(15)17-3)12(16)9(2)10-6-13-7-10/h9-10,13H,4-8H2,1-3H3. The summed E-state index contributed by atoms with van der Waals surface area (Å²) in [5, 5.41) is 3.16. The number of rotatable bonds is 6. The Morgan fingerprint density at radius 2 is 2.12 bits per heavy atom. The van der Waals surface area contributed by atoms with Gasteiger partial charge in [0.05, 0.1) is 7.11 Å². The summed E-state index contributed by atoms with van der Waals surface area (Å²) in [6.07, 6.45) is 0.846. The molecule has 0 saturated carbocycles. The molecule has 5 heteroatoms. The summed E-state index contributed by atoms with van der Waals surface area (Å²) in [7, 11) is 1.34. The van der Waals surface area contributed by atoms with Crippen LogP contribution in [0.4, 0.5) is 0 Å². The first-order valence-electron chi connectivity index (χ1n) is 6.16. The number of esters is 1. The van der Waals surface area contributed by atoms with Gasteiger partial charge in [-0.1, -0.05) is 13.8 Å². The number of ether oxygens (including phenoxy) is 1. The summed E-state index contributed by atoms with van der Waals surface area (Å²) in [6, 6.07) is 0. The number of nitrogens with zero attached hydrogens (tertiary/aromatic N) is 1. The molecule has 0 aliphatic carbocycles. The van der Waals surface area contributed by atoms with Crippen molar-refractivity contribution in [3.8, 4) is 0 Å². The third-order valence-corrected chi connectivity index (χ3v) is 3.26. The lowest BCUT2D eigenvalue weighted by atomic mass is 9.88. The maximum absolute atomic E-state index is 12.2. The molecule has 1 aliphatic heterocycles. The van der Waals surface area contributed by atoms with Crippen LogP contribution in [-0.4, -0.2) is 50.1 Å². The van der Waals surface area contributed by atoms with Crippen LogP contribution >= 0.6 is 0 Å². The van der Waals surface area contributed by atoms with Crippen LogP contribution in [0.5, 0.6) is 0 Å². The van der Waals surface area contributed by atoms with Gasteiger partial charge in [0.25, 0.3) is 0 Å². The average molecular weight is 242 g/mol. The highest BCUT2D eigenvalue weighted by atomic mass is 16.5. The molecule has 0 aromatic heterocycles. The van der Waals surface area contributed by atoms with Crippen LogP contribution in [0, 0.1) is 11.8 Å². The largest absolute Gasteiger partial charge is 0.468 e. The van der Waals surface area contributed by atoms with Gasteiger partial charge in [0.1, 0.15) is 6.54 Å². The lowest BCUT2D eigenvalue weighted by Crippen LogP contribution is -2.51. The number of amides is 1. The summed E-state index contributed by atoms with van der Waals surface area (Å²) in [4.78, 5) is 25.1. The van der Waals surface area contributed by atoms with E-state index in [1.54, 1.807) is 4.90 Å². The van der Waals surface area contributed by atoms with Gasteiger partial charge in [-0.05, 0) is 25.4 Å². The Hall–Kier alpha value is -1.10. The predicted molar refractivity (Wildman–Crippen MR) is 64.4 cm³/mol. The van der Waals surface area contributed by atoms with E-state index in [9.17, 15) is 9.59 Å². The Morgan fingerprint density at radius 1 is 1.47 bits per heavy atom. The molecule has 1 N–H and O–H groups in total. The first-order chi connectivity index (χ1) is 8.10. The molecule has 0 bridgehead atoms.